The molecule has 0 aliphatic heterocycles. The van der Waals surface area contributed by atoms with Crippen LogP contribution >= 0.6 is 11.3 Å². The highest BCUT2D eigenvalue weighted by Crippen LogP contribution is 2.39. The maximum Gasteiger partial charge on any atom is 0.405 e. The van der Waals surface area contributed by atoms with Gasteiger partial charge in [-0.15, -0.1) is 11.3 Å². The summed E-state index contributed by atoms with van der Waals surface area (Å²) < 4.78 is 39.3. The molecule has 4 rings (SSSR count). The summed E-state index contributed by atoms with van der Waals surface area (Å²) in [6.45, 7) is 4.51. The molecule has 35 heavy (non-hydrogen) atoms. The fourth-order valence-corrected chi connectivity index (χ4v) is 5.61. The first-order valence-corrected chi connectivity index (χ1v) is 12.5. The maximum absolute atomic E-state index is 12.8. The molecule has 2 aromatic heterocycles. The first kappa shape index (κ1) is 25.6. The maximum atomic E-state index is 12.8. The Morgan fingerprint density at radius 1 is 1.14 bits per heavy atom. The van der Waals surface area contributed by atoms with Crippen LogP contribution in [0.3, 0.4) is 0 Å². The minimum absolute atomic E-state index is 0.0819. The summed E-state index contributed by atoms with van der Waals surface area (Å²) in [6, 6.07) is 7.21. The molecule has 7 nitrogen and oxygen atoms in total. The van der Waals surface area contributed by atoms with Gasteiger partial charge < -0.3 is 20.8 Å². The van der Waals surface area contributed by atoms with E-state index in [1.54, 1.807) is 6.92 Å². The summed E-state index contributed by atoms with van der Waals surface area (Å²) >= 11 is 1.44. The quantitative estimate of drug-likeness (QED) is 0.339. The molecule has 1 aliphatic rings. The van der Waals surface area contributed by atoms with Crippen molar-refractivity contribution in [2.24, 2.45) is 11.8 Å². The first-order valence-electron chi connectivity index (χ1n) is 11.7. The van der Waals surface area contributed by atoms with Crippen molar-refractivity contribution >= 4 is 33.3 Å². The first-order chi connectivity index (χ1) is 16.5. The van der Waals surface area contributed by atoms with Crippen LogP contribution in [0, 0.1) is 18.8 Å². The average molecular weight is 510 g/mol. The smallest absolute Gasteiger partial charge is 0.393 e. The monoisotopic (exact) mass is 509 g/mol. The molecule has 4 N–H and O–H groups in total. The third-order valence-electron chi connectivity index (χ3n) is 6.19. The Labute approximate surface area is 205 Å². The van der Waals surface area contributed by atoms with Gasteiger partial charge in [0.2, 0.25) is 5.95 Å². The van der Waals surface area contributed by atoms with Gasteiger partial charge in [-0.3, -0.25) is 0 Å². The van der Waals surface area contributed by atoms with Gasteiger partial charge in [0, 0.05) is 0 Å². The van der Waals surface area contributed by atoms with Gasteiger partial charge in [0.1, 0.15) is 17.4 Å². The Kier molecular flexibility index (Phi) is 7.48. The number of nitrogens with one attached hydrogen (secondary N) is 2. The number of rotatable bonds is 8. The van der Waals surface area contributed by atoms with E-state index in [-0.39, 0.29) is 11.9 Å². The van der Waals surface area contributed by atoms with Gasteiger partial charge in [-0.2, -0.15) is 18.2 Å². The molecule has 0 spiro atoms. The van der Waals surface area contributed by atoms with Crippen molar-refractivity contribution in [2.45, 2.75) is 64.5 Å². The normalized spacial score (nSPS) is 21.6. The predicted octanol–water partition coefficient (Wildman–Crippen LogP) is 4.99. The van der Waals surface area contributed by atoms with E-state index < -0.39 is 31.0 Å². The third kappa shape index (κ3) is 6.20. The summed E-state index contributed by atoms with van der Waals surface area (Å²) in [5.74, 6) is 0.397. The van der Waals surface area contributed by atoms with Gasteiger partial charge >= 0.3 is 6.18 Å². The van der Waals surface area contributed by atoms with Crippen LogP contribution < -0.4 is 10.6 Å². The Hall–Kier alpha value is -2.50. The molecule has 11 heteroatoms. The number of aromatic nitrogens is 3. The number of halogens is 3. The van der Waals surface area contributed by atoms with Gasteiger partial charge in [0.15, 0.2) is 0 Å². The van der Waals surface area contributed by atoms with Gasteiger partial charge in [-0.05, 0) is 50.2 Å². The van der Waals surface area contributed by atoms with E-state index in [0.29, 0.717) is 47.3 Å². The number of anilines is 2. The number of fused-ring (bicyclic) bond motifs is 1. The van der Waals surface area contributed by atoms with Crippen molar-refractivity contribution in [1.29, 1.82) is 0 Å². The molecule has 0 amide bonds. The highest BCUT2D eigenvalue weighted by Gasteiger charge is 2.37. The number of aliphatic hydroxyl groups is 2. The van der Waals surface area contributed by atoms with E-state index in [4.69, 9.17) is 0 Å². The number of benzene rings is 1. The van der Waals surface area contributed by atoms with E-state index in [1.165, 1.54) is 11.3 Å². The molecule has 1 fully saturated rings. The number of thiazole rings is 1. The van der Waals surface area contributed by atoms with Crippen molar-refractivity contribution < 1.29 is 23.4 Å². The lowest BCUT2D eigenvalue weighted by molar-refractivity contribution is -0.115. The Morgan fingerprint density at radius 2 is 1.89 bits per heavy atom. The van der Waals surface area contributed by atoms with Gasteiger partial charge in [0.25, 0.3) is 0 Å². The lowest BCUT2D eigenvalue weighted by atomic mass is 9.93. The Bertz CT molecular complexity index is 1140. The van der Waals surface area contributed by atoms with E-state index >= 15 is 0 Å². The predicted molar refractivity (Wildman–Crippen MR) is 132 cm³/mol. The van der Waals surface area contributed by atoms with Crippen molar-refractivity contribution in [3.05, 3.63) is 30.0 Å². The number of alkyl halides is 3. The van der Waals surface area contributed by atoms with Crippen LogP contribution in [0.2, 0.25) is 0 Å². The van der Waals surface area contributed by atoms with E-state index in [1.807, 2.05) is 38.1 Å². The minimum atomic E-state index is -4.42. The van der Waals surface area contributed by atoms with Crippen LogP contribution in [-0.2, 0) is 0 Å². The summed E-state index contributed by atoms with van der Waals surface area (Å²) in [5, 5.41) is 27.5. The van der Waals surface area contributed by atoms with E-state index in [0.717, 1.165) is 10.2 Å². The molecule has 2 heterocycles. The standard InChI is InChI=1S/C24H30F3N5O2S/c1-12(2)8-17(33)14-9-16(18(34)10-14)30-21-20(22-31-15-6-4-5-7-19(15)35-22)13(3)29-23(32-21)28-11-24(25,26)27/h4-7,12,14,16-18,33-34H,8-11H2,1-3H3,(H2,28,29,30,32). The van der Waals surface area contributed by atoms with Crippen LogP contribution in [-0.4, -0.2) is 56.1 Å². The van der Waals surface area contributed by atoms with Crippen LogP contribution in [0.1, 0.15) is 38.8 Å². The number of hydrogen-bond acceptors (Lipinski definition) is 8. The van der Waals surface area contributed by atoms with Crippen molar-refractivity contribution in [3.8, 4) is 10.6 Å². The average Bonchev–Trinajstić information content (AvgIpc) is 3.34. The number of aryl methyl sites for hydroxylation is 1. The van der Waals surface area contributed by atoms with Gasteiger partial charge in [0.05, 0.1) is 39.7 Å². The SMILES string of the molecule is Cc1nc(NCC(F)(F)F)nc(NC2CC(C(O)CC(C)C)CC2O)c1-c1nc2ccccc2s1. The van der Waals surface area contributed by atoms with E-state index in [9.17, 15) is 23.4 Å². The van der Waals surface area contributed by atoms with Crippen LogP contribution in [0.25, 0.3) is 20.8 Å². The second-order valence-electron chi connectivity index (χ2n) is 9.56. The topological polar surface area (TPSA) is 103 Å². The molecule has 4 atom stereocenters. The molecule has 0 bridgehead atoms. The number of hydrogen-bond donors (Lipinski definition) is 4. The van der Waals surface area contributed by atoms with E-state index in [2.05, 4.69) is 25.6 Å². The highest BCUT2D eigenvalue weighted by molar-refractivity contribution is 7.21. The Balaban J connectivity index is 1.67. The van der Waals surface area contributed by atoms with Crippen molar-refractivity contribution in [2.75, 3.05) is 17.2 Å². The lowest BCUT2D eigenvalue weighted by Gasteiger charge is -2.21. The molecule has 0 radical (unpaired) electrons. The summed E-state index contributed by atoms with van der Waals surface area (Å²) in [6.07, 6.45) is -4.09. The lowest BCUT2D eigenvalue weighted by Crippen LogP contribution is -2.29. The van der Waals surface area contributed by atoms with Gasteiger partial charge in [-0.1, -0.05) is 26.0 Å². The zero-order chi connectivity index (χ0) is 25.3. The minimum Gasteiger partial charge on any atom is -0.393 e. The summed E-state index contributed by atoms with van der Waals surface area (Å²) in [7, 11) is 0. The molecular weight excluding hydrogens is 479 g/mol. The summed E-state index contributed by atoms with van der Waals surface area (Å²) in [4.78, 5) is 13.3. The van der Waals surface area contributed by atoms with Crippen LogP contribution in [0.4, 0.5) is 24.9 Å². The molecule has 4 unspecified atom stereocenters. The fourth-order valence-electron chi connectivity index (χ4n) is 4.55. The van der Waals surface area contributed by atoms with Crippen molar-refractivity contribution in [1.82, 2.24) is 15.0 Å². The second-order valence-corrected chi connectivity index (χ2v) is 10.6. The fraction of sp³-hybridized carbons (Fsp3) is 0.542. The van der Waals surface area contributed by atoms with Crippen LogP contribution in [0.15, 0.2) is 24.3 Å². The van der Waals surface area contributed by atoms with Crippen LogP contribution in [0.5, 0.6) is 0 Å². The number of nitrogens with zero attached hydrogens (tertiary/aromatic N) is 3. The molecule has 0 saturated heterocycles. The Morgan fingerprint density at radius 3 is 2.57 bits per heavy atom. The number of para-hydroxylation sites is 1. The zero-order valence-corrected chi connectivity index (χ0v) is 20.6. The summed E-state index contributed by atoms with van der Waals surface area (Å²) in [5.41, 5.74) is 1.85. The molecule has 1 aromatic carbocycles. The molecule has 1 saturated carbocycles. The highest BCUT2D eigenvalue weighted by atomic mass is 32.1. The number of aliphatic hydroxyl groups excluding tert-OH is 2. The van der Waals surface area contributed by atoms with Gasteiger partial charge in [-0.25, -0.2) is 9.97 Å². The zero-order valence-electron chi connectivity index (χ0n) is 19.8. The molecule has 1 aliphatic carbocycles. The third-order valence-corrected chi connectivity index (χ3v) is 7.24. The molecule has 190 valence electrons. The molecular formula is C24H30F3N5O2S. The second kappa shape index (κ2) is 10.2. The molecule has 3 aromatic rings. The van der Waals surface area contributed by atoms with Crippen molar-refractivity contribution in [3.63, 3.8) is 0 Å². The largest absolute Gasteiger partial charge is 0.405 e.